The molecule has 148 valence electrons. The van der Waals surface area contributed by atoms with Crippen molar-refractivity contribution < 1.29 is 13.9 Å². The Kier molecular flexibility index (Phi) is 5.47. The quantitative estimate of drug-likeness (QED) is 0.469. The highest BCUT2D eigenvalue weighted by Gasteiger charge is 2.22. The lowest BCUT2D eigenvalue weighted by molar-refractivity contribution is -0.124. The van der Waals surface area contributed by atoms with E-state index in [1.165, 1.54) is 0 Å². The summed E-state index contributed by atoms with van der Waals surface area (Å²) in [7, 11) is 0. The molecular weight excluding hydrogens is 364 g/mol. The van der Waals surface area contributed by atoms with Crippen LogP contribution in [0.1, 0.15) is 32.2 Å². The summed E-state index contributed by atoms with van der Waals surface area (Å²) in [5.41, 5.74) is 1.51. The Balaban J connectivity index is 1.44. The highest BCUT2D eigenvalue weighted by Crippen LogP contribution is 2.25. The molecule has 0 aliphatic rings. The lowest BCUT2D eigenvalue weighted by Crippen LogP contribution is -2.33. The van der Waals surface area contributed by atoms with Crippen LogP contribution in [0.3, 0.4) is 0 Å². The number of rotatable bonds is 7. The minimum absolute atomic E-state index is 0.0623. The third kappa shape index (κ3) is 4.57. The lowest BCUT2D eigenvalue weighted by Gasteiger charge is -2.18. The van der Waals surface area contributed by atoms with E-state index in [4.69, 9.17) is 9.15 Å². The lowest BCUT2D eigenvalue weighted by atomic mass is 10.0. The normalized spacial score (nSPS) is 12.4. The van der Waals surface area contributed by atoms with Gasteiger partial charge in [-0.1, -0.05) is 56.3 Å². The van der Waals surface area contributed by atoms with Gasteiger partial charge in [0.2, 0.25) is 5.89 Å². The Morgan fingerprint density at radius 1 is 1.03 bits per heavy atom. The molecule has 1 amide bonds. The maximum atomic E-state index is 12.6. The summed E-state index contributed by atoms with van der Waals surface area (Å²) < 4.78 is 11.6. The van der Waals surface area contributed by atoms with E-state index in [1.807, 2.05) is 66.7 Å². The van der Waals surface area contributed by atoms with E-state index in [-0.39, 0.29) is 18.6 Å². The van der Waals surface area contributed by atoms with Gasteiger partial charge in [0.1, 0.15) is 17.3 Å². The Morgan fingerprint density at radius 2 is 1.79 bits per heavy atom. The van der Waals surface area contributed by atoms with Gasteiger partial charge < -0.3 is 14.5 Å². The number of para-hydroxylation sites is 2. The first-order chi connectivity index (χ1) is 14.1. The van der Waals surface area contributed by atoms with E-state index in [0.717, 1.165) is 28.3 Å². The van der Waals surface area contributed by atoms with Crippen molar-refractivity contribution >= 4 is 27.8 Å². The molecule has 0 spiro atoms. The summed E-state index contributed by atoms with van der Waals surface area (Å²) in [6, 6.07) is 21.2. The predicted molar refractivity (Wildman–Crippen MR) is 114 cm³/mol. The molecule has 0 bridgehead atoms. The van der Waals surface area contributed by atoms with Crippen LogP contribution in [0, 0.1) is 5.92 Å². The van der Waals surface area contributed by atoms with Crippen LogP contribution < -0.4 is 10.1 Å². The largest absolute Gasteiger partial charge is 0.484 e. The van der Waals surface area contributed by atoms with Gasteiger partial charge >= 0.3 is 0 Å². The number of nitrogens with one attached hydrogen (secondary N) is 1. The first kappa shape index (κ1) is 19.0. The minimum atomic E-state index is -0.296. The monoisotopic (exact) mass is 388 g/mol. The van der Waals surface area contributed by atoms with Gasteiger partial charge in [-0.3, -0.25) is 4.79 Å². The molecule has 0 radical (unpaired) electrons. The molecule has 5 nitrogen and oxygen atoms in total. The van der Waals surface area contributed by atoms with E-state index < -0.39 is 0 Å². The van der Waals surface area contributed by atoms with Crippen LogP contribution in [-0.4, -0.2) is 17.5 Å². The van der Waals surface area contributed by atoms with Crippen molar-refractivity contribution in [1.29, 1.82) is 0 Å². The number of benzene rings is 3. The molecule has 4 rings (SSSR count). The summed E-state index contributed by atoms with van der Waals surface area (Å²) >= 11 is 0. The summed E-state index contributed by atoms with van der Waals surface area (Å²) in [4.78, 5) is 17.1. The Hall–Kier alpha value is -3.34. The topological polar surface area (TPSA) is 64.4 Å². The van der Waals surface area contributed by atoms with E-state index in [0.29, 0.717) is 17.6 Å². The molecule has 0 aliphatic heterocycles. The zero-order chi connectivity index (χ0) is 20.2. The maximum absolute atomic E-state index is 12.6. The number of aromatic nitrogens is 1. The molecule has 0 saturated heterocycles. The fraction of sp³-hybridized carbons (Fsp3) is 0.250. The second kappa shape index (κ2) is 8.35. The summed E-state index contributed by atoms with van der Waals surface area (Å²) in [6.07, 6.45) is 0.731. The predicted octanol–water partition coefficient (Wildman–Crippen LogP) is 5.26. The molecule has 3 aromatic carbocycles. The third-order valence-electron chi connectivity index (χ3n) is 4.74. The maximum Gasteiger partial charge on any atom is 0.258 e. The number of fused-ring (bicyclic) bond motifs is 2. The SMILES string of the molecule is CC(C)C[C@H](NC(=O)COc1ccc2ccccc2c1)c1nc2ccccc2o1. The van der Waals surface area contributed by atoms with E-state index in [1.54, 1.807) is 0 Å². The number of ether oxygens (including phenoxy) is 1. The summed E-state index contributed by atoms with van der Waals surface area (Å²) in [5.74, 6) is 1.36. The van der Waals surface area contributed by atoms with Crippen LogP contribution >= 0.6 is 0 Å². The molecule has 1 N–H and O–H groups in total. The standard InChI is InChI=1S/C24H24N2O3/c1-16(2)13-21(24-26-20-9-5-6-10-22(20)29-24)25-23(27)15-28-19-12-11-17-7-3-4-8-18(17)14-19/h3-12,14,16,21H,13,15H2,1-2H3,(H,25,27)/t21-/m0/s1. The molecule has 0 fully saturated rings. The third-order valence-corrected chi connectivity index (χ3v) is 4.74. The highest BCUT2D eigenvalue weighted by atomic mass is 16.5. The molecule has 1 atom stereocenters. The molecule has 0 unspecified atom stereocenters. The molecule has 0 saturated carbocycles. The smallest absolute Gasteiger partial charge is 0.258 e. The van der Waals surface area contributed by atoms with Gasteiger partial charge in [0.25, 0.3) is 5.91 Å². The van der Waals surface area contributed by atoms with Crippen molar-refractivity contribution in [2.45, 2.75) is 26.3 Å². The van der Waals surface area contributed by atoms with Crippen molar-refractivity contribution in [2.75, 3.05) is 6.61 Å². The van der Waals surface area contributed by atoms with Crippen LogP contribution in [0.2, 0.25) is 0 Å². The molecule has 29 heavy (non-hydrogen) atoms. The van der Waals surface area contributed by atoms with Crippen LogP contribution in [-0.2, 0) is 4.79 Å². The average Bonchev–Trinajstić information content (AvgIpc) is 3.15. The number of hydrogen-bond donors (Lipinski definition) is 1. The number of hydrogen-bond acceptors (Lipinski definition) is 4. The van der Waals surface area contributed by atoms with Gasteiger partial charge in [0, 0.05) is 0 Å². The van der Waals surface area contributed by atoms with Gasteiger partial charge in [0.05, 0.1) is 0 Å². The number of amides is 1. The average molecular weight is 388 g/mol. The number of nitrogens with zero attached hydrogens (tertiary/aromatic N) is 1. The zero-order valence-electron chi connectivity index (χ0n) is 16.6. The van der Waals surface area contributed by atoms with Gasteiger partial charge in [0.15, 0.2) is 12.2 Å². The van der Waals surface area contributed by atoms with Crippen molar-refractivity contribution in [3.05, 3.63) is 72.6 Å². The van der Waals surface area contributed by atoms with Crippen molar-refractivity contribution in [3.8, 4) is 5.75 Å². The Labute approximate surface area is 169 Å². The van der Waals surface area contributed by atoms with Crippen molar-refractivity contribution in [3.63, 3.8) is 0 Å². The van der Waals surface area contributed by atoms with Crippen LogP contribution in [0.5, 0.6) is 5.75 Å². The fourth-order valence-corrected chi connectivity index (χ4v) is 3.37. The Bertz CT molecular complexity index is 1100. The minimum Gasteiger partial charge on any atom is -0.484 e. The molecule has 1 aromatic heterocycles. The number of oxazole rings is 1. The summed E-state index contributed by atoms with van der Waals surface area (Å²) in [6.45, 7) is 4.15. The molecular formula is C24H24N2O3. The zero-order valence-corrected chi connectivity index (χ0v) is 16.6. The Morgan fingerprint density at radius 3 is 2.59 bits per heavy atom. The molecule has 1 heterocycles. The fourth-order valence-electron chi connectivity index (χ4n) is 3.37. The summed E-state index contributed by atoms with van der Waals surface area (Å²) in [5, 5.41) is 5.23. The second-order valence-corrected chi connectivity index (χ2v) is 7.57. The van der Waals surface area contributed by atoms with Crippen molar-refractivity contribution in [2.24, 2.45) is 5.92 Å². The molecule has 0 aliphatic carbocycles. The van der Waals surface area contributed by atoms with Crippen LogP contribution in [0.15, 0.2) is 71.1 Å². The second-order valence-electron chi connectivity index (χ2n) is 7.57. The number of carbonyl (C=O) groups is 1. The molecule has 4 aromatic rings. The van der Waals surface area contributed by atoms with E-state index in [2.05, 4.69) is 24.1 Å². The number of carbonyl (C=O) groups excluding carboxylic acids is 1. The van der Waals surface area contributed by atoms with Gasteiger partial charge in [-0.15, -0.1) is 0 Å². The highest BCUT2D eigenvalue weighted by molar-refractivity contribution is 5.84. The van der Waals surface area contributed by atoms with Gasteiger partial charge in [-0.2, -0.15) is 0 Å². The van der Waals surface area contributed by atoms with Gasteiger partial charge in [-0.05, 0) is 47.4 Å². The first-order valence-electron chi connectivity index (χ1n) is 9.85. The van der Waals surface area contributed by atoms with E-state index in [9.17, 15) is 4.79 Å². The molecule has 5 heteroatoms. The van der Waals surface area contributed by atoms with Gasteiger partial charge in [-0.25, -0.2) is 4.98 Å². The first-order valence-corrected chi connectivity index (χ1v) is 9.85. The van der Waals surface area contributed by atoms with E-state index >= 15 is 0 Å². The van der Waals surface area contributed by atoms with Crippen molar-refractivity contribution in [1.82, 2.24) is 10.3 Å². The van der Waals surface area contributed by atoms with Crippen LogP contribution in [0.25, 0.3) is 21.9 Å². The van der Waals surface area contributed by atoms with Crippen LogP contribution in [0.4, 0.5) is 0 Å².